The molecule has 1 aliphatic heterocycles. The summed E-state index contributed by atoms with van der Waals surface area (Å²) in [5, 5.41) is 12.6. The fraction of sp³-hybridized carbons (Fsp3) is 0.407. The lowest BCUT2D eigenvalue weighted by Crippen LogP contribution is -2.48. The molecule has 1 aromatic heterocycles. The minimum Gasteiger partial charge on any atom is -0.475 e. The van der Waals surface area contributed by atoms with E-state index < -0.39 is 23.8 Å². The van der Waals surface area contributed by atoms with Gasteiger partial charge in [0.15, 0.2) is 0 Å². The summed E-state index contributed by atoms with van der Waals surface area (Å²) < 4.78 is 62.0. The summed E-state index contributed by atoms with van der Waals surface area (Å²) >= 11 is 6.04. The van der Waals surface area contributed by atoms with Gasteiger partial charge in [0.2, 0.25) is 0 Å². The van der Waals surface area contributed by atoms with Crippen LogP contribution >= 0.6 is 11.6 Å². The molecule has 0 saturated carbocycles. The van der Waals surface area contributed by atoms with Gasteiger partial charge in [0.1, 0.15) is 11.6 Å². The van der Waals surface area contributed by atoms with Crippen molar-refractivity contribution in [2.75, 3.05) is 13.1 Å². The molecule has 1 aliphatic rings. The van der Waals surface area contributed by atoms with Gasteiger partial charge in [0.25, 0.3) is 0 Å². The molecule has 206 valence electrons. The normalized spacial score (nSPS) is 18.6. The lowest BCUT2D eigenvalue weighted by molar-refractivity contribution is -0.192. The van der Waals surface area contributed by atoms with Gasteiger partial charge in [-0.3, -0.25) is 9.58 Å². The van der Waals surface area contributed by atoms with Crippen molar-refractivity contribution in [2.45, 2.75) is 50.7 Å². The predicted molar refractivity (Wildman–Crippen MR) is 135 cm³/mol. The number of hydrogen-bond donors (Lipinski definition) is 1. The standard InChI is InChI=1S/C25H28ClF2N3.C2HF3O2/c1-25(2,3)31-12-11-20(21(15-31)19-10-9-18(27)13-22(19)28)23-14-24(30(4)29-23)16-5-7-17(26)8-6-16;3-2(4,5)1(6)7/h5-10,13-14,20-21H,11-12,15H2,1-4H3;(H,6,7)/t20-,21+;/m1./s1. The molecule has 0 spiro atoms. The fourth-order valence-electron chi connectivity index (χ4n) is 4.59. The number of alkyl halides is 3. The Morgan fingerprint density at radius 1 is 1.03 bits per heavy atom. The molecule has 0 unspecified atom stereocenters. The van der Waals surface area contributed by atoms with Gasteiger partial charge in [-0.2, -0.15) is 18.3 Å². The van der Waals surface area contributed by atoms with E-state index in [1.807, 2.05) is 36.0 Å². The molecular formula is C27H29ClF5N3O2. The molecule has 3 aromatic rings. The van der Waals surface area contributed by atoms with Crippen molar-refractivity contribution >= 4 is 17.6 Å². The lowest BCUT2D eigenvalue weighted by atomic mass is 9.77. The minimum absolute atomic E-state index is 0.0295. The number of likely N-dealkylation sites (tertiary alicyclic amines) is 1. The summed E-state index contributed by atoms with van der Waals surface area (Å²) in [5.74, 6) is -3.86. The van der Waals surface area contributed by atoms with Crippen molar-refractivity contribution in [1.29, 1.82) is 0 Å². The zero-order valence-electron chi connectivity index (χ0n) is 21.4. The summed E-state index contributed by atoms with van der Waals surface area (Å²) in [6.45, 7) is 8.12. The van der Waals surface area contributed by atoms with Crippen LogP contribution in [0.2, 0.25) is 5.02 Å². The average Bonchev–Trinajstić information content (AvgIpc) is 3.20. The number of carboxylic acid groups (broad SMARTS) is 1. The average molecular weight is 558 g/mol. The first kappa shape index (κ1) is 29.6. The molecule has 1 saturated heterocycles. The number of aromatic nitrogens is 2. The second-order valence-corrected chi connectivity index (χ2v) is 10.6. The quantitative estimate of drug-likeness (QED) is 0.351. The molecule has 11 heteroatoms. The number of nitrogens with zero attached hydrogens (tertiary/aromatic N) is 3. The second kappa shape index (κ2) is 11.4. The van der Waals surface area contributed by atoms with Crippen molar-refractivity contribution in [1.82, 2.24) is 14.7 Å². The highest BCUT2D eigenvalue weighted by atomic mass is 35.5. The van der Waals surface area contributed by atoms with Crippen LogP contribution in [0.3, 0.4) is 0 Å². The number of halogens is 6. The van der Waals surface area contributed by atoms with Gasteiger partial charge in [-0.05, 0) is 69.1 Å². The van der Waals surface area contributed by atoms with E-state index in [1.165, 1.54) is 6.07 Å². The van der Waals surface area contributed by atoms with Crippen LogP contribution in [0.5, 0.6) is 0 Å². The monoisotopic (exact) mass is 557 g/mol. The van der Waals surface area contributed by atoms with Crippen molar-refractivity contribution in [3.8, 4) is 11.3 Å². The van der Waals surface area contributed by atoms with Gasteiger partial charge in [0.05, 0.1) is 11.4 Å². The van der Waals surface area contributed by atoms with Gasteiger partial charge < -0.3 is 5.11 Å². The number of aryl methyl sites for hydroxylation is 1. The summed E-state index contributed by atoms with van der Waals surface area (Å²) in [6.07, 6.45) is -4.23. The Labute approximate surface area is 222 Å². The Bertz CT molecular complexity index is 1270. The number of hydrogen-bond acceptors (Lipinski definition) is 3. The number of carboxylic acids is 1. The number of benzene rings is 2. The highest BCUT2D eigenvalue weighted by Gasteiger charge is 2.39. The predicted octanol–water partition coefficient (Wildman–Crippen LogP) is 7.02. The molecule has 2 atom stereocenters. The number of carbonyl (C=O) groups is 1. The van der Waals surface area contributed by atoms with Crippen LogP contribution in [0.1, 0.15) is 50.3 Å². The topological polar surface area (TPSA) is 58.4 Å². The van der Waals surface area contributed by atoms with Gasteiger partial charge in [-0.25, -0.2) is 13.6 Å². The molecule has 38 heavy (non-hydrogen) atoms. The number of rotatable bonds is 3. The first-order chi connectivity index (χ1) is 17.6. The van der Waals surface area contributed by atoms with Crippen LogP contribution in [-0.4, -0.2) is 50.6 Å². The third-order valence-electron chi connectivity index (χ3n) is 6.58. The van der Waals surface area contributed by atoms with Crippen LogP contribution in [0.4, 0.5) is 22.0 Å². The Morgan fingerprint density at radius 2 is 1.63 bits per heavy atom. The van der Waals surface area contributed by atoms with Gasteiger partial charge >= 0.3 is 12.1 Å². The summed E-state index contributed by atoms with van der Waals surface area (Å²) in [7, 11) is 1.92. The molecule has 5 nitrogen and oxygen atoms in total. The van der Waals surface area contributed by atoms with E-state index in [-0.39, 0.29) is 17.4 Å². The van der Waals surface area contributed by atoms with E-state index in [2.05, 4.69) is 31.7 Å². The van der Waals surface area contributed by atoms with Crippen LogP contribution in [0.15, 0.2) is 48.5 Å². The molecule has 2 aromatic carbocycles. The Balaban J connectivity index is 0.000000505. The third-order valence-corrected chi connectivity index (χ3v) is 6.84. The van der Waals surface area contributed by atoms with Crippen LogP contribution < -0.4 is 0 Å². The Morgan fingerprint density at radius 3 is 2.16 bits per heavy atom. The molecule has 1 fully saturated rings. The molecule has 0 radical (unpaired) electrons. The van der Waals surface area contributed by atoms with Crippen molar-refractivity contribution in [3.05, 3.63) is 76.4 Å². The molecule has 0 amide bonds. The van der Waals surface area contributed by atoms with E-state index in [1.54, 1.807) is 6.07 Å². The molecule has 0 bridgehead atoms. The van der Waals surface area contributed by atoms with E-state index in [9.17, 15) is 22.0 Å². The van der Waals surface area contributed by atoms with E-state index in [4.69, 9.17) is 26.6 Å². The summed E-state index contributed by atoms with van der Waals surface area (Å²) in [6, 6.07) is 13.7. The highest BCUT2D eigenvalue weighted by Crippen LogP contribution is 2.42. The van der Waals surface area contributed by atoms with Crippen LogP contribution in [0.25, 0.3) is 11.3 Å². The number of aliphatic carboxylic acids is 1. The zero-order chi connectivity index (χ0) is 28.4. The molecule has 2 heterocycles. The third kappa shape index (κ3) is 7.11. The van der Waals surface area contributed by atoms with E-state index >= 15 is 0 Å². The molecule has 1 N–H and O–H groups in total. The van der Waals surface area contributed by atoms with E-state index in [0.29, 0.717) is 17.1 Å². The second-order valence-electron chi connectivity index (χ2n) is 10.2. The smallest absolute Gasteiger partial charge is 0.475 e. The maximum absolute atomic E-state index is 14.8. The molecular weight excluding hydrogens is 529 g/mol. The van der Waals surface area contributed by atoms with Crippen molar-refractivity contribution in [3.63, 3.8) is 0 Å². The minimum atomic E-state index is -5.08. The molecule has 0 aliphatic carbocycles. The maximum atomic E-state index is 14.8. The Kier molecular flexibility index (Phi) is 8.88. The Hall–Kier alpha value is -2.98. The first-order valence-corrected chi connectivity index (χ1v) is 12.3. The van der Waals surface area contributed by atoms with Gasteiger partial charge in [-0.1, -0.05) is 29.8 Å². The maximum Gasteiger partial charge on any atom is 0.490 e. The van der Waals surface area contributed by atoms with Crippen LogP contribution in [0, 0.1) is 11.6 Å². The van der Waals surface area contributed by atoms with Crippen molar-refractivity contribution < 1.29 is 31.9 Å². The summed E-state index contributed by atoms with van der Waals surface area (Å²) in [5.41, 5.74) is 3.48. The van der Waals surface area contributed by atoms with Gasteiger partial charge in [0, 0.05) is 42.1 Å². The first-order valence-electron chi connectivity index (χ1n) is 11.9. The largest absolute Gasteiger partial charge is 0.490 e. The number of piperidine rings is 1. The van der Waals surface area contributed by atoms with Crippen LogP contribution in [-0.2, 0) is 11.8 Å². The van der Waals surface area contributed by atoms with E-state index in [0.717, 1.165) is 36.0 Å². The summed E-state index contributed by atoms with van der Waals surface area (Å²) in [4.78, 5) is 11.3. The fourth-order valence-corrected chi connectivity index (χ4v) is 4.72. The SMILES string of the molecule is Cn1nc([C@@H]2CCN(C(C)(C)C)C[C@H]2c2ccc(F)cc2F)cc1-c1ccc(Cl)cc1.O=C(O)C(F)(F)F. The molecule has 4 rings (SSSR count). The van der Waals surface area contributed by atoms with Crippen molar-refractivity contribution in [2.24, 2.45) is 7.05 Å². The van der Waals surface area contributed by atoms with Gasteiger partial charge in [-0.15, -0.1) is 0 Å². The lowest BCUT2D eigenvalue weighted by Gasteiger charge is -2.45. The zero-order valence-corrected chi connectivity index (χ0v) is 22.1. The highest BCUT2D eigenvalue weighted by molar-refractivity contribution is 6.30.